The molecule has 2 saturated heterocycles. The molecular formula is C15H20ClN3O3. The maximum Gasteiger partial charge on any atom is 0.282 e. The highest BCUT2D eigenvalue weighted by Crippen LogP contribution is 2.39. The highest BCUT2D eigenvalue weighted by Gasteiger charge is 2.41. The molecule has 2 fully saturated rings. The lowest BCUT2D eigenvalue weighted by atomic mass is 9.78. The SMILES string of the molecule is Cl.O=C(c1ccccc1[N+](=O)[O-])N1CCC2(CCNCC2)C1. The van der Waals surface area contributed by atoms with Crippen LogP contribution in [0.5, 0.6) is 0 Å². The zero-order valence-corrected chi connectivity index (χ0v) is 13.1. The number of likely N-dealkylation sites (tertiary alicyclic amines) is 1. The van der Waals surface area contributed by atoms with Gasteiger partial charge in [-0.25, -0.2) is 0 Å². The standard InChI is InChI=1S/C15H19N3O3.ClH/c19-14(12-3-1-2-4-13(12)18(20)21)17-10-7-15(11-17)5-8-16-9-6-15;/h1-4,16H,5-11H2;1H. The number of piperidine rings is 1. The predicted octanol–water partition coefficient (Wildman–Crippen LogP) is 2.23. The highest BCUT2D eigenvalue weighted by atomic mass is 35.5. The number of hydrogen-bond donors (Lipinski definition) is 1. The molecule has 0 saturated carbocycles. The number of amides is 1. The maximum atomic E-state index is 12.6. The summed E-state index contributed by atoms with van der Waals surface area (Å²) < 4.78 is 0. The van der Waals surface area contributed by atoms with Gasteiger partial charge in [-0.2, -0.15) is 0 Å². The largest absolute Gasteiger partial charge is 0.338 e. The number of nitro benzene ring substituents is 1. The van der Waals surface area contributed by atoms with Gasteiger partial charge in [0.1, 0.15) is 5.56 Å². The summed E-state index contributed by atoms with van der Waals surface area (Å²) in [6.45, 7) is 3.41. The molecule has 7 heteroatoms. The zero-order valence-electron chi connectivity index (χ0n) is 12.3. The highest BCUT2D eigenvalue weighted by molar-refractivity contribution is 5.98. The van der Waals surface area contributed by atoms with Gasteiger partial charge >= 0.3 is 0 Å². The van der Waals surface area contributed by atoms with Crippen LogP contribution in [0.15, 0.2) is 24.3 Å². The predicted molar refractivity (Wildman–Crippen MR) is 85.4 cm³/mol. The van der Waals surface area contributed by atoms with E-state index in [0.717, 1.165) is 38.9 Å². The minimum atomic E-state index is -0.483. The number of nitrogens with zero attached hydrogens (tertiary/aromatic N) is 2. The molecule has 22 heavy (non-hydrogen) atoms. The van der Waals surface area contributed by atoms with Crippen LogP contribution in [-0.2, 0) is 0 Å². The molecule has 1 aromatic carbocycles. The molecule has 2 aliphatic heterocycles. The molecule has 0 unspecified atom stereocenters. The molecule has 1 spiro atoms. The molecule has 0 aromatic heterocycles. The summed E-state index contributed by atoms with van der Waals surface area (Å²) in [5, 5.41) is 14.4. The van der Waals surface area contributed by atoms with Crippen LogP contribution in [0.2, 0.25) is 0 Å². The quantitative estimate of drug-likeness (QED) is 0.668. The second kappa shape index (κ2) is 6.62. The van der Waals surface area contributed by atoms with E-state index in [4.69, 9.17) is 0 Å². The molecule has 0 bridgehead atoms. The minimum Gasteiger partial charge on any atom is -0.338 e. The summed E-state index contributed by atoms with van der Waals surface area (Å²) in [5.74, 6) is -0.210. The molecule has 1 amide bonds. The Kier molecular flexibility index (Phi) is 5.03. The van der Waals surface area contributed by atoms with Crippen LogP contribution in [0.25, 0.3) is 0 Å². The van der Waals surface area contributed by atoms with Crippen molar-refractivity contribution in [1.29, 1.82) is 0 Å². The Morgan fingerprint density at radius 1 is 1.23 bits per heavy atom. The number of nitrogens with one attached hydrogen (secondary N) is 1. The Morgan fingerprint density at radius 3 is 2.59 bits per heavy atom. The van der Waals surface area contributed by atoms with Crippen molar-refractivity contribution in [2.75, 3.05) is 26.2 Å². The number of rotatable bonds is 2. The average molecular weight is 326 g/mol. The molecule has 1 N–H and O–H groups in total. The first-order valence-electron chi connectivity index (χ1n) is 7.35. The van der Waals surface area contributed by atoms with Gasteiger partial charge in [0.25, 0.3) is 11.6 Å². The summed E-state index contributed by atoms with van der Waals surface area (Å²) in [5.41, 5.74) is 0.312. The van der Waals surface area contributed by atoms with Crippen molar-refractivity contribution in [3.63, 3.8) is 0 Å². The smallest absolute Gasteiger partial charge is 0.282 e. The van der Waals surface area contributed by atoms with E-state index >= 15 is 0 Å². The Balaban J connectivity index is 0.00000176. The van der Waals surface area contributed by atoms with E-state index < -0.39 is 4.92 Å². The van der Waals surface area contributed by atoms with E-state index in [1.54, 1.807) is 23.1 Å². The number of nitro groups is 1. The lowest BCUT2D eigenvalue weighted by Crippen LogP contribution is -2.39. The van der Waals surface area contributed by atoms with Crippen LogP contribution in [0.1, 0.15) is 29.6 Å². The maximum absolute atomic E-state index is 12.6. The van der Waals surface area contributed by atoms with Gasteiger partial charge in [0.15, 0.2) is 0 Å². The first kappa shape index (κ1) is 16.7. The van der Waals surface area contributed by atoms with Gasteiger partial charge in [-0.3, -0.25) is 14.9 Å². The number of hydrogen-bond acceptors (Lipinski definition) is 4. The van der Waals surface area contributed by atoms with E-state index in [2.05, 4.69) is 5.32 Å². The van der Waals surface area contributed by atoms with E-state index in [9.17, 15) is 14.9 Å². The summed E-state index contributed by atoms with van der Waals surface area (Å²) in [6, 6.07) is 6.21. The molecular weight excluding hydrogens is 306 g/mol. The number of para-hydroxylation sites is 1. The van der Waals surface area contributed by atoms with Crippen LogP contribution in [0, 0.1) is 15.5 Å². The van der Waals surface area contributed by atoms with Crippen LogP contribution < -0.4 is 5.32 Å². The lowest BCUT2D eigenvalue weighted by Gasteiger charge is -2.33. The van der Waals surface area contributed by atoms with Crippen molar-refractivity contribution in [3.8, 4) is 0 Å². The third kappa shape index (κ3) is 3.08. The molecule has 0 aliphatic carbocycles. The Bertz CT molecular complexity index is 573. The van der Waals surface area contributed by atoms with Crippen molar-refractivity contribution >= 4 is 24.0 Å². The van der Waals surface area contributed by atoms with E-state index in [1.807, 2.05) is 0 Å². The van der Waals surface area contributed by atoms with Crippen LogP contribution in [0.4, 0.5) is 5.69 Å². The van der Waals surface area contributed by atoms with Gasteiger partial charge in [-0.15, -0.1) is 12.4 Å². The minimum absolute atomic E-state index is 0. The normalized spacial score (nSPS) is 19.7. The fraction of sp³-hybridized carbons (Fsp3) is 0.533. The lowest BCUT2D eigenvalue weighted by molar-refractivity contribution is -0.385. The van der Waals surface area contributed by atoms with Crippen molar-refractivity contribution in [2.45, 2.75) is 19.3 Å². The van der Waals surface area contributed by atoms with Gasteiger partial charge in [0.2, 0.25) is 0 Å². The van der Waals surface area contributed by atoms with E-state index in [0.29, 0.717) is 6.54 Å². The fourth-order valence-electron chi connectivity index (χ4n) is 3.46. The van der Waals surface area contributed by atoms with Crippen LogP contribution in [-0.4, -0.2) is 41.9 Å². The molecule has 6 nitrogen and oxygen atoms in total. The second-order valence-electron chi connectivity index (χ2n) is 6.00. The summed E-state index contributed by atoms with van der Waals surface area (Å²) in [7, 11) is 0. The molecule has 2 heterocycles. The van der Waals surface area contributed by atoms with Crippen molar-refractivity contribution in [3.05, 3.63) is 39.9 Å². The second-order valence-corrected chi connectivity index (χ2v) is 6.00. The Labute approximate surface area is 135 Å². The number of carbonyl (C=O) groups excluding carboxylic acids is 1. The van der Waals surface area contributed by atoms with Gasteiger partial charge in [-0.1, -0.05) is 12.1 Å². The monoisotopic (exact) mass is 325 g/mol. The first-order chi connectivity index (χ1) is 10.1. The summed E-state index contributed by atoms with van der Waals surface area (Å²) >= 11 is 0. The molecule has 3 rings (SSSR count). The number of carbonyl (C=O) groups is 1. The molecule has 2 aliphatic rings. The van der Waals surface area contributed by atoms with Crippen LogP contribution in [0.3, 0.4) is 0 Å². The third-order valence-electron chi connectivity index (χ3n) is 4.72. The molecule has 120 valence electrons. The molecule has 1 aromatic rings. The third-order valence-corrected chi connectivity index (χ3v) is 4.72. The van der Waals surface area contributed by atoms with E-state index in [-0.39, 0.29) is 35.0 Å². The first-order valence-corrected chi connectivity index (χ1v) is 7.35. The van der Waals surface area contributed by atoms with Crippen molar-refractivity contribution in [2.24, 2.45) is 5.41 Å². The Morgan fingerprint density at radius 2 is 1.91 bits per heavy atom. The van der Waals surface area contributed by atoms with Gasteiger partial charge in [0, 0.05) is 19.2 Å². The number of benzene rings is 1. The summed E-state index contributed by atoms with van der Waals surface area (Å²) in [4.78, 5) is 25.0. The Hall–Kier alpha value is -1.66. The number of halogens is 1. The molecule has 0 radical (unpaired) electrons. The average Bonchev–Trinajstić information content (AvgIpc) is 2.91. The fourth-order valence-corrected chi connectivity index (χ4v) is 3.46. The summed E-state index contributed by atoms with van der Waals surface area (Å²) in [6.07, 6.45) is 3.16. The van der Waals surface area contributed by atoms with Crippen LogP contribution >= 0.6 is 12.4 Å². The molecule has 0 atom stereocenters. The van der Waals surface area contributed by atoms with Gasteiger partial charge < -0.3 is 10.2 Å². The zero-order chi connectivity index (χ0) is 14.9. The van der Waals surface area contributed by atoms with Crippen molar-refractivity contribution < 1.29 is 9.72 Å². The topological polar surface area (TPSA) is 75.5 Å². The van der Waals surface area contributed by atoms with Crippen molar-refractivity contribution in [1.82, 2.24) is 10.2 Å². The van der Waals surface area contributed by atoms with E-state index in [1.165, 1.54) is 6.07 Å². The van der Waals surface area contributed by atoms with Gasteiger partial charge in [-0.05, 0) is 43.8 Å². The van der Waals surface area contributed by atoms with Gasteiger partial charge in [0.05, 0.1) is 4.92 Å².